The minimum atomic E-state index is -5.86. The fraction of sp³-hybridized carbons (Fsp3) is 0.333. The molecule has 0 aliphatic carbocycles. The van der Waals surface area contributed by atoms with Crippen LogP contribution in [0.4, 0.5) is 30.7 Å². The van der Waals surface area contributed by atoms with E-state index in [9.17, 15) is 30.7 Å². The van der Waals surface area contributed by atoms with E-state index < -0.39 is 35.3 Å². The van der Waals surface area contributed by atoms with Crippen LogP contribution in [0.5, 0.6) is 0 Å². The molecule has 0 amide bonds. The molecule has 0 radical (unpaired) electrons. The van der Waals surface area contributed by atoms with Crippen LogP contribution in [0.25, 0.3) is 0 Å². The average Bonchev–Trinajstić information content (AvgIpc) is 2.19. The highest BCUT2D eigenvalue weighted by Gasteiger charge is 2.61. The molecule has 0 saturated carbocycles. The largest absolute Gasteiger partial charge is 0.455 e. The van der Waals surface area contributed by atoms with Crippen molar-refractivity contribution in [2.45, 2.75) is 18.1 Å². The Morgan fingerprint density at radius 1 is 0.941 bits per heavy atom. The van der Waals surface area contributed by atoms with Crippen LogP contribution < -0.4 is 5.73 Å². The summed E-state index contributed by atoms with van der Waals surface area (Å²) in [5, 5.41) is 0. The van der Waals surface area contributed by atoms with E-state index in [-0.39, 0.29) is 6.07 Å². The molecule has 0 aliphatic heterocycles. The van der Waals surface area contributed by atoms with Crippen LogP contribution in [0, 0.1) is 11.6 Å². The molecular weight excluding hydrogens is 255 g/mol. The zero-order valence-electron chi connectivity index (χ0n) is 8.03. The van der Waals surface area contributed by atoms with Gasteiger partial charge < -0.3 is 5.73 Å². The van der Waals surface area contributed by atoms with Gasteiger partial charge in [-0.3, -0.25) is 0 Å². The first-order valence-corrected chi connectivity index (χ1v) is 4.22. The van der Waals surface area contributed by atoms with E-state index in [1.54, 1.807) is 0 Å². The van der Waals surface area contributed by atoms with Crippen molar-refractivity contribution in [1.82, 2.24) is 0 Å². The second-order valence-electron chi connectivity index (χ2n) is 3.27. The smallest absolute Gasteiger partial charge is 0.319 e. The van der Waals surface area contributed by atoms with Gasteiger partial charge in [0.05, 0.1) is 0 Å². The maximum absolute atomic E-state index is 12.8. The first kappa shape index (κ1) is 13.8. The summed E-state index contributed by atoms with van der Waals surface area (Å²) in [6.07, 6.45) is -5.86. The highest BCUT2D eigenvalue weighted by molar-refractivity contribution is 5.23. The number of rotatable bonds is 2. The maximum Gasteiger partial charge on any atom is 0.455 e. The van der Waals surface area contributed by atoms with Crippen LogP contribution >= 0.6 is 0 Å². The molecular formula is C9H6F7N. The van der Waals surface area contributed by atoms with Crippen molar-refractivity contribution in [3.63, 3.8) is 0 Å². The topological polar surface area (TPSA) is 26.0 Å². The van der Waals surface area contributed by atoms with Crippen LogP contribution in [-0.4, -0.2) is 12.1 Å². The van der Waals surface area contributed by atoms with Gasteiger partial charge in [-0.15, -0.1) is 0 Å². The predicted octanol–water partition coefficient (Wildman–Crippen LogP) is 3.16. The number of alkyl halides is 5. The summed E-state index contributed by atoms with van der Waals surface area (Å²) in [7, 11) is 0. The normalized spacial score (nSPS) is 14.8. The number of nitrogens with two attached hydrogens (primary N) is 1. The van der Waals surface area contributed by atoms with Gasteiger partial charge in [0.2, 0.25) is 0 Å². The van der Waals surface area contributed by atoms with Crippen LogP contribution in [0.15, 0.2) is 18.2 Å². The molecule has 0 spiro atoms. The number of halogens is 7. The highest BCUT2D eigenvalue weighted by atomic mass is 19.4. The second-order valence-corrected chi connectivity index (χ2v) is 3.27. The zero-order valence-corrected chi connectivity index (χ0v) is 8.03. The lowest BCUT2D eigenvalue weighted by atomic mass is 10.0. The third-order valence-corrected chi connectivity index (χ3v) is 2.07. The van der Waals surface area contributed by atoms with E-state index in [0.717, 1.165) is 0 Å². The predicted molar refractivity (Wildman–Crippen MR) is 44.3 cm³/mol. The molecule has 0 fully saturated rings. The average molecular weight is 261 g/mol. The van der Waals surface area contributed by atoms with E-state index in [2.05, 4.69) is 0 Å². The Balaban J connectivity index is 3.12. The van der Waals surface area contributed by atoms with Crippen molar-refractivity contribution in [2.75, 3.05) is 0 Å². The number of hydrogen-bond donors (Lipinski definition) is 1. The summed E-state index contributed by atoms with van der Waals surface area (Å²) in [5.41, 5.74) is 3.88. The van der Waals surface area contributed by atoms with Crippen molar-refractivity contribution >= 4 is 0 Å². The molecule has 1 rings (SSSR count). The molecule has 96 valence electrons. The van der Waals surface area contributed by atoms with Gasteiger partial charge in [-0.1, -0.05) is 6.07 Å². The molecule has 0 unspecified atom stereocenters. The number of benzene rings is 1. The van der Waals surface area contributed by atoms with E-state index in [0.29, 0.717) is 12.1 Å². The van der Waals surface area contributed by atoms with Gasteiger partial charge >= 0.3 is 12.1 Å². The monoisotopic (exact) mass is 261 g/mol. The van der Waals surface area contributed by atoms with Gasteiger partial charge in [-0.25, -0.2) is 8.78 Å². The van der Waals surface area contributed by atoms with E-state index in [1.807, 2.05) is 0 Å². The third-order valence-electron chi connectivity index (χ3n) is 2.07. The Morgan fingerprint density at radius 2 is 1.47 bits per heavy atom. The van der Waals surface area contributed by atoms with Crippen LogP contribution in [0.1, 0.15) is 11.6 Å². The fourth-order valence-electron chi connectivity index (χ4n) is 1.09. The third kappa shape index (κ3) is 2.51. The molecule has 1 aromatic carbocycles. The van der Waals surface area contributed by atoms with Crippen LogP contribution in [-0.2, 0) is 0 Å². The molecule has 2 N–H and O–H groups in total. The SMILES string of the molecule is N[C@H](c1ccc(F)c(F)c1)C(F)(F)C(F)(F)F. The molecule has 0 heterocycles. The quantitative estimate of drug-likeness (QED) is 0.813. The van der Waals surface area contributed by atoms with Gasteiger partial charge in [-0.05, 0) is 17.7 Å². The van der Waals surface area contributed by atoms with Crippen LogP contribution in [0.2, 0.25) is 0 Å². The fourth-order valence-corrected chi connectivity index (χ4v) is 1.09. The van der Waals surface area contributed by atoms with E-state index in [1.165, 1.54) is 0 Å². The summed E-state index contributed by atoms with van der Waals surface area (Å²) < 4.78 is 86.5. The zero-order chi connectivity index (χ0) is 13.4. The van der Waals surface area contributed by atoms with Crippen molar-refractivity contribution < 1.29 is 30.7 Å². The lowest BCUT2D eigenvalue weighted by Crippen LogP contribution is -2.45. The van der Waals surface area contributed by atoms with Crippen LogP contribution in [0.3, 0.4) is 0 Å². The van der Waals surface area contributed by atoms with Gasteiger partial charge in [0.1, 0.15) is 6.04 Å². The molecule has 0 saturated heterocycles. The van der Waals surface area contributed by atoms with Crippen molar-refractivity contribution in [3.8, 4) is 0 Å². The Kier molecular flexibility index (Phi) is 3.37. The second kappa shape index (κ2) is 4.17. The molecule has 1 nitrogen and oxygen atoms in total. The Morgan fingerprint density at radius 3 is 1.88 bits per heavy atom. The van der Waals surface area contributed by atoms with Crippen molar-refractivity contribution in [1.29, 1.82) is 0 Å². The minimum Gasteiger partial charge on any atom is -0.319 e. The molecule has 1 atom stereocenters. The van der Waals surface area contributed by atoms with E-state index >= 15 is 0 Å². The van der Waals surface area contributed by atoms with Gasteiger partial charge in [0.25, 0.3) is 0 Å². The van der Waals surface area contributed by atoms with Gasteiger partial charge in [0, 0.05) is 0 Å². The molecule has 8 heteroatoms. The summed E-state index contributed by atoms with van der Waals surface area (Å²) in [4.78, 5) is 0. The molecule has 17 heavy (non-hydrogen) atoms. The molecule has 1 aromatic rings. The first-order chi connectivity index (χ1) is 7.57. The van der Waals surface area contributed by atoms with Gasteiger partial charge in [0.15, 0.2) is 11.6 Å². The highest BCUT2D eigenvalue weighted by Crippen LogP contribution is 2.43. The summed E-state index contributed by atoms with van der Waals surface area (Å²) >= 11 is 0. The number of hydrogen-bond acceptors (Lipinski definition) is 1. The van der Waals surface area contributed by atoms with E-state index in [4.69, 9.17) is 5.73 Å². The Hall–Kier alpha value is -1.31. The Bertz CT molecular complexity index is 412. The molecule has 0 bridgehead atoms. The lowest BCUT2D eigenvalue weighted by Gasteiger charge is -2.25. The summed E-state index contributed by atoms with van der Waals surface area (Å²) in [6, 6.07) is -1.59. The standard InChI is InChI=1S/C9H6F7N/c10-5-2-1-4(3-6(5)11)7(17)8(12,13)9(14,15)16/h1-3,7H,17H2/t7-/m1/s1. The minimum absolute atomic E-state index is 0.208. The van der Waals surface area contributed by atoms with Crippen molar-refractivity contribution in [2.24, 2.45) is 5.73 Å². The first-order valence-electron chi connectivity index (χ1n) is 4.22. The maximum atomic E-state index is 12.8. The van der Waals surface area contributed by atoms with Crippen molar-refractivity contribution in [3.05, 3.63) is 35.4 Å². The summed E-state index contributed by atoms with van der Waals surface area (Å²) in [6.45, 7) is 0. The molecule has 0 aliphatic rings. The van der Waals surface area contributed by atoms with Gasteiger partial charge in [-0.2, -0.15) is 22.0 Å². The Labute approximate surface area is 91.0 Å². The summed E-state index contributed by atoms with van der Waals surface area (Å²) in [5.74, 6) is -8.13. The lowest BCUT2D eigenvalue weighted by molar-refractivity contribution is -0.291. The molecule has 0 aromatic heterocycles.